The van der Waals surface area contributed by atoms with Gasteiger partial charge < -0.3 is 5.11 Å². The third-order valence-corrected chi connectivity index (χ3v) is 5.53. The summed E-state index contributed by atoms with van der Waals surface area (Å²) < 4.78 is 0. The molecule has 0 aliphatic rings. The summed E-state index contributed by atoms with van der Waals surface area (Å²) in [5.41, 5.74) is 2.77. The molecule has 1 N–H and O–H groups in total. The first-order valence-corrected chi connectivity index (χ1v) is 11.0. The van der Waals surface area contributed by atoms with Crippen molar-refractivity contribution in [1.29, 1.82) is 0 Å². The highest BCUT2D eigenvalue weighted by molar-refractivity contribution is 5.37. The van der Waals surface area contributed by atoms with E-state index in [-0.39, 0.29) is 0 Å². The second kappa shape index (κ2) is 13.3. The van der Waals surface area contributed by atoms with Crippen molar-refractivity contribution < 1.29 is 5.11 Å². The predicted molar refractivity (Wildman–Crippen MR) is 112 cm³/mol. The molecule has 1 heteroatoms. The first-order chi connectivity index (χ1) is 12.2. The van der Waals surface area contributed by atoms with Crippen molar-refractivity contribution in [3.8, 4) is 5.75 Å². The lowest BCUT2D eigenvalue weighted by atomic mass is 9.83. The maximum atomic E-state index is 10.4. The number of aromatic hydroxyl groups is 1. The van der Waals surface area contributed by atoms with Crippen molar-refractivity contribution in [2.45, 2.75) is 117 Å². The van der Waals surface area contributed by atoms with Gasteiger partial charge in [0.2, 0.25) is 0 Å². The molecule has 0 aromatic heterocycles. The number of hydrogen-bond donors (Lipinski definition) is 1. The maximum absolute atomic E-state index is 10.4. The molecule has 1 nitrogen and oxygen atoms in total. The molecule has 144 valence electrons. The van der Waals surface area contributed by atoms with Gasteiger partial charge in [0.25, 0.3) is 0 Å². The fourth-order valence-corrected chi connectivity index (χ4v) is 3.89. The van der Waals surface area contributed by atoms with Gasteiger partial charge in [-0.05, 0) is 60.8 Å². The summed E-state index contributed by atoms with van der Waals surface area (Å²) in [4.78, 5) is 0. The molecule has 25 heavy (non-hydrogen) atoms. The molecule has 0 bridgehead atoms. The molecule has 0 heterocycles. The molecule has 0 atom stereocenters. The average molecular weight is 347 g/mol. The zero-order valence-electron chi connectivity index (χ0n) is 17.3. The van der Waals surface area contributed by atoms with E-state index in [9.17, 15) is 5.11 Å². The van der Waals surface area contributed by atoms with Crippen LogP contribution in [-0.4, -0.2) is 5.11 Å². The standard InChI is InChI=1S/C24H42O/c1-5-9-13-20(14-10-6-2)22-17-23(19-24(25)18-22)21(15-11-7-3)16-12-8-4/h17-21,25H,5-16H2,1-4H3. The van der Waals surface area contributed by atoms with Gasteiger partial charge in [-0.25, -0.2) is 0 Å². The quantitative estimate of drug-likeness (QED) is 0.359. The fraction of sp³-hybridized carbons (Fsp3) is 0.750. The van der Waals surface area contributed by atoms with Crippen LogP contribution in [0, 0.1) is 0 Å². The van der Waals surface area contributed by atoms with E-state index in [1.807, 2.05) is 12.1 Å². The maximum Gasteiger partial charge on any atom is 0.116 e. The van der Waals surface area contributed by atoms with Gasteiger partial charge in [-0.3, -0.25) is 0 Å². The number of phenols is 1. The van der Waals surface area contributed by atoms with E-state index in [1.54, 1.807) is 0 Å². The lowest BCUT2D eigenvalue weighted by Crippen LogP contribution is -2.04. The molecule has 0 unspecified atom stereocenters. The van der Waals surface area contributed by atoms with Gasteiger partial charge in [0.05, 0.1) is 0 Å². The number of phenolic OH excluding ortho intramolecular Hbond substituents is 1. The van der Waals surface area contributed by atoms with Crippen molar-refractivity contribution in [3.63, 3.8) is 0 Å². The SMILES string of the molecule is CCCCC(CCCC)c1cc(O)cc(C(CCCC)CCCC)c1. The minimum Gasteiger partial charge on any atom is -0.508 e. The Balaban J connectivity index is 3.02. The van der Waals surface area contributed by atoms with Crippen LogP contribution in [0.1, 0.15) is 128 Å². The Hall–Kier alpha value is -0.980. The van der Waals surface area contributed by atoms with Crippen LogP contribution in [0.25, 0.3) is 0 Å². The van der Waals surface area contributed by atoms with Gasteiger partial charge in [0, 0.05) is 0 Å². The van der Waals surface area contributed by atoms with Crippen LogP contribution in [0.5, 0.6) is 5.75 Å². The summed E-state index contributed by atoms with van der Waals surface area (Å²) in [7, 11) is 0. The van der Waals surface area contributed by atoms with Crippen LogP contribution in [0.4, 0.5) is 0 Å². The van der Waals surface area contributed by atoms with Gasteiger partial charge in [-0.1, -0.05) is 85.1 Å². The average Bonchev–Trinajstić information content (AvgIpc) is 2.61. The van der Waals surface area contributed by atoms with Gasteiger partial charge >= 0.3 is 0 Å². The zero-order valence-corrected chi connectivity index (χ0v) is 17.3. The molecule has 1 aromatic rings. The molecule has 0 aliphatic heterocycles. The van der Waals surface area contributed by atoms with Gasteiger partial charge in [-0.2, -0.15) is 0 Å². The smallest absolute Gasteiger partial charge is 0.116 e. The molecule has 0 saturated heterocycles. The molecule has 0 radical (unpaired) electrons. The van der Waals surface area contributed by atoms with Crippen molar-refractivity contribution in [2.75, 3.05) is 0 Å². The van der Waals surface area contributed by atoms with Gasteiger partial charge in [0.15, 0.2) is 0 Å². The lowest BCUT2D eigenvalue weighted by molar-refractivity contribution is 0.464. The summed E-state index contributed by atoms with van der Waals surface area (Å²) in [6.45, 7) is 9.10. The fourth-order valence-electron chi connectivity index (χ4n) is 3.89. The van der Waals surface area contributed by atoms with Crippen LogP contribution >= 0.6 is 0 Å². The topological polar surface area (TPSA) is 20.2 Å². The molecule has 1 rings (SSSR count). The Kier molecular flexibility index (Phi) is 11.7. The van der Waals surface area contributed by atoms with E-state index in [0.29, 0.717) is 17.6 Å². The van der Waals surface area contributed by atoms with Crippen LogP contribution in [-0.2, 0) is 0 Å². The summed E-state index contributed by atoms with van der Waals surface area (Å²) >= 11 is 0. The number of hydrogen-bond acceptors (Lipinski definition) is 1. The minimum absolute atomic E-state index is 0.475. The van der Waals surface area contributed by atoms with Crippen molar-refractivity contribution in [3.05, 3.63) is 29.3 Å². The Labute approximate surface area is 157 Å². The summed E-state index contributed by atoms with van der Waals surface area (Å²) in [5, 5.41) is 10.4. The van der Waals surface area contributed by atoms with E-state index < -0.39 is 0 Å². The molecule has 0 saturated carbocycles. The number of benzene rings is 1. The minimum atomic E-state index is 0.475. The van der Waals surface area contributed by atoms with Crippen LogP contribution < -0.4 is 0 Å². The van der Waals surface area contributed by atoms with Crippen LogP contribution in [0.3, 0.4) is 0 Å². The number of unbranched alkanes of at least 4 members (excludes halogenated alkanes) is 4. The Morgan fingerprint density at radius 3 is 1.20 bits per heavy atom. The van der Waals surface area contributed by atoms with E-state index in [1.165, 1.54) is 88.2 Å². The predicted octanol–water partition coefficient (Wildman–Crippen LogP) is 8.32. The molecule has 0 spiro atoms. The Morgan fingerprint density at radius 2 is 0.920 bits per heavy atom. The molecule has 1 aromatic carbocycles. The molecule has 0 aliphatic carbocycles. The van der Waals surface area contributed by atoms with Gasteiger partial charge in [-0.15, -0.1) is 0 Å². The van der Waals surface area contributed by atoms with E-state index in [4.69, 9.17) is 0 Å². The van der Waals surface area contributed by atoms with Gasteiger partial charge in [0.1, 0.15) is 5.75 Å². The van der Waals surface area contributed by atoms with Crippen molar-refractivity contribution >= 4 is 0 Å². The second-order valence-electron chi connectivity index (χ2n) is 7.82. The Morgan fingerprint density at radius 1 is 0.600 bits per heavy atom. The van der Waals surface area contributed by atoms with Crippen molar-refractivity contribution in [2.24, 2.45) is 0 Å². The zero-order chi connectivity index (χ0) is 18.5. The summed E-state index contributed by atoms with van der Waals surface area (Å²) in [6.07, 6.45) is 15.2. The van der Waals surface area contributed by atoms with E-state index in [2.05, 4.69) is 33.8 Å². The lowest BCUT2D eigenvalue weighted by Gasteiger charge is -2.22. The third kappa shape index (κ3) is 8.29. The van der Waals surface area contributed by atoms with E-state index in [0.717, 1.165) is 0 Å². The first kappa shape index (κ1) is 22.1. The molecular formula is C24H42O. The summed E-state index contributed by atoms with van der Waals surface area (Å²) in [5.74, 6) is 1.70. The van der Waals surface area contributed by atoms with E-state index >= 15 is 0 Å². The second-order valence-corrected chi connectivity index (χ2v) is 7.82. The van der Waals surface area contributed by atoms with Crippen LogP contribution in [0.2, 0.25) is 0 Å². The largest absolute Gasteiger partial charge is 0.508 e. The third-order valence-electron chi connectivity index (χ3n) is 5.53. The molecule has 0 fully saturated rings. The summed E-state index contributed by atoms with van der Waals surface area (Å²) in [6, 6.07) is 6.51. The highest BCUT2D eigenvalue weighted by atomic mass is 16.3. The Bertz CT molecular complexity index is 397. The normalized spacial score (nSPS) is 11.6. The molecule has 0 amide bonds. The van der Waals surface area contributed by atoms with Crippen LogP contribution in [0.15, 0.2) is 18.2 Å². The highest BCUT2D eigenvalue weighted by Crippen LogP contribution is 2.35. The first-order valence-electron chi connectivity index (χ1n) is 11.0. The highest BCUT2D eigenvalue weighted by Gasteiger charge is 2.17. The van der Waals surface area contributed by atoms with Crippen molar-refractivity contribution in [1.82, 2.24) is 0 Å². The molecular weight excluding hydrogens is 304 g/mol. The number of rotatable bonds is 14. The monoisotopic (exact) mass is 346 g/mol.